The minimum atomic E-state index is -4.41. The average molecular weight is 319 g/mol. The van der Waals surface area contributed by atoms with Gasteiger partial charge in [0, 0.05) is 5.69 Å². The standard InChI is InChI=1S/C14H16F3NO4/c1-9-3-4-10(13(20)21-2)7-11(9)18-12(19)5-6-22-8-14(15,16)17/h3-4,7H,5-6,8H2,1-2H3,(H,18,19). The number of hydrogen-bond acceptors (Lipinski definition) is 4. The van der Waals surface area contributed by atoms with Gasteiger partial charge in [-0.25, -0.2) is 4.79 Å². The molecule has 0 saturated heterocycles. The predicted octanol–water partition coefficient (Wildman–Crippen LogP) is 2.69. The first-order chi connectivity index (χ1) is 10.2. The van der Waals surface area contributed by atoms with Gasteiger partial charge in [0.25, 0.3) is 0 Å². The van der Waals surface area contributed by atoms with Gasteiger partial charge in [-0.05, 0) is 24.6 Å². The Labute approximate surface area is 125 Å². The Kier molecular flexibility index (Phi) is 6.36. The number of benzene rings is 1. The number of ether oxygens (including phenoxy) is 2. The van der Waals surface area contributed by atoms with Gasteiger partial charge in [0.15, 0.2) is 0 Å². The highest BCUT2D eigenvalue weighted by Crippen LogP contribution is 2.18. The number of amides is 1. The third-order valence-corrected chi connectivity index (χ3v) is 2.67. The van der Waals surface area contributed by atoms with E-state index in [1.165, 1.54) is 13.2 Å². The fourth-order valence-corrected chi connectivity index (χ4v) is 1.57. The fraction of sp³-hybridized carbons (Fsp3) is 0.429. The number of anilines is 1. The number of methoxy groups -OCH3 is 1. The summed E-state index contributed by atoms with van der Waals surface area (Å²) < 4.78 is 44.5. The van der Waals surface area contributed by atoms with E-state index < -0.39 is 24.7 Å². The molecular weight excluding hydrogens is 303 g/mol. The van der Waals surface area contributed by atoms with Crippen LogP contribution in [0.4, 0.5) is 18.9 Å². The highest BCUT2D eigenvalue weighted by molar-refractivity contribution is 5.95. The third kappa shape index (κ3) is 6.13. The number of hydrogen-bond donors (Lipinski definition) is 1. The van der Waals surface area contributed by atoms with Crippen molar-refractivity contribution < 1.29 is 32.2 Å². The molecule has 8 heteroatoms. The lowest BCUT2D eigenvalue weighted by atomic mass is 10.1. The molecule has 0 aliphatic carbocycles. The molecule has 122 valence electrons. The zero-order valence-corrected chi connectivity index (χ0v) is 12.1. The van der Waals surface area contributed by atoms with Crippen molar-refractivity contribution in [2.45, 2.75) is 19.5 Å². The summed E-state index contributed by atoms with van der Waals surface area (Å²) in [4.78, 5) is 23.1. The smallest absolute Gasteiger partial charge is 0.411 e. The molecule has 22 heavy (non-hydrogen) atoms. The summed E-state index contributed by atoms with van der Waals surface area (Å²) in [5, 5.41) is 2.52. The highest BCUT2D eigenvalue weighted by atomic mass is 19.4. The van der Waals surface area contributed by atoms with E-state index in [-0.39, 0.29) is 18.6 Å². The number of nitrogens with one attached hydrogen (secondary N) is 1. The molecule has 0 atom stereocenters. The number of carbonyl (C=O) groups is 2. The van der Waals surface area contributed by atoms with E-state index in [9.17, 15) is 22.8 Å². The Morgan fingerprint density at radius 3 is 2.55 bits per heavy atom. The molecule has 1 aromatic carbocycles. The molecule has 0 bridgehead atoms. The Morgan fingerprint density at radius 2 is 1.95 bits per heavy atom. The molecule has 0 heterocycles. The first-order valence-corrected chi connectivity index (χ1v) is 6.36. The van der Waals surface area contributed by atoms with Crippen LogP contribution in [0.3, 0.4) is 0 Å². The Balaban J connectivity index is 2.55. The van der Waals surface area contributed by atoms with Crippen LogP contribution in [-0.4, -0.2) is 38.4 Å². The Hall–Kier alpha value is -2.09. The van der Waals surface area contributed by atoms with E-state index in [1.807, 2.05) is 0 Å². The van der Waals surface area contributed by atoms with Gasteiger partial charge in [-0.3, -0.25) is 4.79 Å². The first kappa shape index (κ1) is 18.0. The zero-order valence-electron chi connectivity index (χ0n) is 12.1. The van der Waals surface area contributed by atoms with Crippen molar-refractivity contribution in [1.29, 1.82) is 0 Å². The van der Waals surface area contributed by atoms with Crippen molar-refractivity contribution in [2.24, 2.45) is 0 Å². The molecule has 1 aromatic rings. The molecule has 1 amide bonds. The molecule has 1 N–H and O–H groups in total. The number of halogens is 3. The first-order valence-electron chi connectivity index (χ1n) is 6.36. The second-order valence-corrected chi connectivity index (χ2v) is 4.49. The van der Waals surface area contributed by atoms with Crippen LogP contribution in [0.1, 0.15) is 22.3 Å². The van der Waals surface area contributed by atoms with Crippen molar-refractivity contribution in [3.05, 3.63) is 29.3 Å². The van der Waals surface area contributed by atoms with Gasteiger partial charge in [0.1, 0.15) is 6.61 Å². The predicted molar refractivity (Wildman–Crippen MR) is 72.6 cm³/mol. The summed E-state index contributed by atoms with van der Waals surface area (Å²) in [7, 11) is 1.23. The molecule has 0 aliphatic rings. The number of rotatable bonds is 6. The molecule has 0 radical (unpaired) electrons. The summed E-state index contributed by atoms with van der Waals surface area (Å²) in [5.41, 5.74) is 1.36. The van der Waals surface area contributed by atoms with Crippen LogP contribution in [0.25, 0.3) is 0 Å². The van der Waals surface area contributed by atoms with Crippen molar-refractivity contribution in [3.63, 3.8) is 0 Å². The lowest BCUT2D eigenvalue weighted by Crippen LogP contribution is -2.20. The summed E-state index contributed by atoms with van der Waals surface area (Å²) >= 11 is 0. The van der Waals surface area contributed by atoms with Crippen LogP contribution in [0.2, 0.25) is 0 Å². The second-order valence-electron chi connectivity index (χ2n) is 4.49. The van der Waals surface area contributed by atoms with Gasteiger partial charge < -0.3 is 14.8 Å². The van der Waals surface area contributed by atoms with E-state index in [4.69, 9.17) is 0 Å². The van der Waals surface area contributed by atoms with Crippen molar-refractivity contribution in [1.82, 2.24) is 0 Å². The van der Waals surface area contributed by atoms with Crippen LogP contribution in [0, 0.1) is 6.92 Å². The topological polar surface area (TPSA) is 64.6 Å². The molecule has 0 aromatic heterocycles. The molecule has 1 rings (SSSR count). The van der Waals surface area contributed by atoms with Crippen molar-refractivity contribution in [2.75, 3.05) is 25.6 Å². The summed E-state index contributed by atoms with van der Waals surface area (Å²) in [6, 6.07) is 4.61. The van der Waals surface area contributed by atoms with Crippen LogP contribution >= 0.6 is 0 Å². The summed E-state index contributed by atoms with van der Waals surface area (Å²) in [6.45, 7) is -0.0188. The second kappa shape index (κ2) is 7.79. The fourth-order valence-electron chi connectivity index (χ4n) is 1.57. The quantitative estimate of drug-likeness (QED) is 0.647. The van der Waals surface area contributed by atoms with E-state index in [2.05, 4.69) is 14.8 Å². The minimum Gasteiger partial charge on any atom is -0.465 e. The van der Waals surface area contributed by atoms with Gasteiger partial charge >= 0.3 is 12.1 Å². The largest absolute Gasteiger partial charge is 0.465 e. The van der Waals surface area contributed by atoms with Crippen LogP contribution in [-0.2, 0) is 14.3 Å². The molecule has 0 saturated carbocycles. The summed E-state index contributed by atoms with van der Waals surface area (Å²) in [6.07, 6.45) is -4.64. The average Bonchev–Trinajstić information content (AvgIpc) is 2.44. The van der Waals surface area contributed by atoms with Gasteiger partial charge in [-0.2, -0.15) is 13.2 Å². The van der Waals surface area contributed by atoms with E-state index in [0.29, 0.717) is 11.3 Å². The van der Waals surface area contributed by atoms with Crippen LogP contribution in [0.5, 0.6) is 0 Å². The maximum atomic E-state index is 11.9. The zero-order chi connectivity index (χ0) is 16.8. The SMILES string of the molecule is COC(=O)c1ccc(C)c(NC(=O)CCOCC(F)(F)F)c1. The normalized spacial score (nSPS) is 11.1. The maximum Gasteiger partial charge on any atom is 0.411 e. The van der Waals surface area contributed by atoms with Gasteiger partial charge in [0.05, 0.1) is 25.7 Å². The van der Waals surface area contributed by atoms with E-state index >= 15 is 0 Å². The lowest BCUT2D eigenvalue weighted by Gasteiger charge is -2.11. The van der Waals surface area contributed by atoms with Crippen molar-refractivity contribution in [3.8, 4) is 0 Å². The summed E-state index contributed by atoms with van der Waals surface area (Å²) in [5.74, 6) is -1.06. The lowest BCUT2D eigenvalue weighted by molar-refractivity contribution is -0.174. The van der Waals surface area contributed by atoms with E-state index in [1.54, 1.807) is 19.1 Å². The molecule has 0 aliphatic heterocycles. The maximum absolute atomic E-state index is 11.9. The molecule has 0 fully saturated rings. The Morgan fingerprint density at radius 1 is 1.27 bits per heavy atom. The highest BCUT2D eigenvalue weighted by Gasteiger charge is 2.27. The Bertz CT molecular complexity index is 543. The molecule has 0 spiro atoms. The van der Waals surface area contributed by atoms with Crippen LogP contribution in [0.15, 0.2) is 18.2 Å². The van der Waals surface area contributed by atoms with Gasteiger partial charge in [-0.15, -0.1) is 0 Å². The monoisotopic (exact) mass is 319 g/mol. The number of esters is 1. The minimum absolute atomic E-state index is 0.224. The van der Waals surface area contributed by atoms with E-state index in [0.717, 1.165) is 0 Å². The molecule has 5 nitrogen and oxygen atoms in total. The van der Waals surface area contributed by atoms with Crippen molar-refractivity contribution >= 4 is 17.6 Å². The third-order valence-electron chi connectivity index (χ3n) is 2.67. The molecule has 0 unspecified atom stereocenters. The van der Waals surface area contributed by atoms with Gasteiger partial charge in [-0.1, -0.05) is 6.07 Å². The molecular formula is C14H16F3NO4. The van der Waals surface area contributed by atoms with Crippen LogP contribution < -0.4 is 5.32 Å². The van der Waals surface area contributed by atoms with Gasteiger partial charge in [0.2, 0.25) is 5.91 Å². The number of carbonyl (C=O) groups excluding carboxylic acids is 2. The number of aryl methyl sites for hydroxylation is 1. The number of alkyl halides is 3.